The van der Waals surface area contributed by atoms with Gasteiger partial charge in [-0.25, -0.2) is 0 Å². The summed E-state index contributed by atoms with van der Waals surface area (Å²) < 4.78 is 5.70. The molecule has 0 spiro atoms. The summed E-state index contributed by atoms with van der Waals surface area (Å²) in [5.41, 5.74) is 1.45. The molecular weight excluding hydrogens is 337 g/mol. The molecule has 19 heavy (non-hydrogen) atoms. The van der Waals surface area contributed by atoms with Crippen molar-refractivity contribution >= 4 is 24.1 Å². The quantitative estimate of drug-likeness (QED) is 0.417. The molecule has 0 N–H and O–H groups in total. The Hall–Kier alpha value is 0.469. The Balaban J connectivity index is 2.81. The summed E-state index contributed by atoms with van der Waals surface area (Å²) in [6, 6.07) is 0. The maximum atomic E-state index is 5.13. The van der Waals surface area contributed by atoms with Crippen molar-refractivity contribution in [1.82, 2.24) is 0 Å². The van der Waals surface area contributed by atoms with Gasteiger partial charge in [-0.05, 0) is 0 Å². The standard InChI is InChI=1S/C5H8N.3C4H9.Sn/c1-5-3-2-4-6-5;3*1-3-4-2;/h4H,2-3H2,1H3;3*1,3-4H2,2H3;. The van der Waals surface area contributed by atoms with Crippen molar-refractivity contribution in [3.8, 4) is 0 Å². The molecule has 112 valence electrons. The first-order valence-corrected chi connectivity index (χ1v) is 16.4. The van der Waals surface area contributed by atoms with Gasteiger partial charge in [-0.3, -0.25) is 0 Å². The van der Waals surface area contributed by atoms with Gasteiger partial charge in [-0.1, -0.05) is 0 Å². The Kier molecular flexibility index (Phi) is 8.68. The van der Waals surface area contributed by atoms with Crippen molar-refractivity contribution in [3.63, 3.8) is 0 Å². The van der Waals surface area contributed by atoms with Gasteiger partial charge >= 0.3 is 126 Å². The molecule has 0 aromatic heterocycles. The van der Waals surface area contributed by atoms with Gasteiger partial charge < -0.3 is 0 Å². The van der Waals surface area contributed by atoms with E-state index in [4.69, 9.17) is 4.99 Å². The minimum absolute atomic E-state index is 0.846. The van der Waals surface area contributed by atoms with E-state index in [-0.39, 0.29) is 0 Å². The SMILES string of the molecule is CCC[CH2][Sn]([CH2]CCC)([CH2]CCC)[CH]1CCC(C)=N1. The first kappa shape index (κ1) is 17.5. The number of hydrogen-bond acceptors (Lipinski definition) is 1. The Bertz CT molecular complexity index is 251. The molecule has 0 aliphatic carbocycles. The van der Waals surface area contributed by atoms with E-state index in [9.17, 15) is 0 Å². The van der Waals surface area contributed by atoms with Crippen molar-refractivity contribution in [2.45, 2.75) is 96.4 Å². The Morgan fingerprint density at radius 1 is 0.947 bits per heavy atom. The summed E-state index contributed by atoms with van der Waals surface area (Å²) in [7, 11) is 0. The zero-order valence-electron chi connectivity index (χ0n) is 13.8. The average molecular weight is 372 g/mol. The van der Waals surface area contributed by atoms with Crippen LogP contribution in [-0.2, 0) is 0 Å². The molecule has 0 saturated carbocycles. The van der Waals surface area contributed by atoms with E-state index in [1.54, 1.807) is 13.3 Å². The van der Waals surface area contributed by atoms with Gasteiger partial charge in [0.25, 0.3) is 0 Å². The number of hydrogen-bond donors (Lipinski definition) is 0. The summed E-state index contributed by atoms with van der Waals surface area (Å²) in [6.45, 7) is 9.34. The van der Waals surface area contributed by atoms with Gasteiger partial charge in [0, 0.05) is 0 Å². The van der Waals surface area contributed by atoms with Crippen molar-refractivity contribution < 1.29 is 0 Å². The summed E-state index contributed by atoms with van der Waals surface area (Å²) in [5.74, 6) is 0. The predicted molar refractivity (Wildman–Crippen MR) is 91.0 cm³/mol. The van der Waals surface area contributed by atoms with Gasteiger partial charge in [0.05, 0.1) is 0 Å². The summed E-state index contributed by atoms with van der Waals surface area (Å²) in [4.78, 5) is 5.13. The molecule has 1 aliphatic rings. The molecule has 1 atom stereocenters. The predicted octanol–water partition coefficient (Wildman–Crippen LogP) is 6.00. The minimum atomic E-state index is -2.02. The summed E-state index contributed by atoms with van der Waals surface area (Å²) in [5, 5.41) is 0. The van der Waals surface area contributed by atoms with Crippen LogP contribution in [0.1, 0.15) is 79.1 Å². The maximum absolute atomic E-state index is 5.13. The fraction of sp³-hybridized carbons (Fsp3) is 0.941. The molecule has 0 radical (unpaired) electrons. The van der Waals surface area contributed by atoms with Crippen molar-refractivity contribution in [3.05, 3.63) is 0 Å². The molecule has 0 aromatic carbocycles. The van der Waals surface area contributed by atoms with Crippen LogP contribution in [0.2, 0.25) is 13.3 Å². The van der Waals surface area contributed by atoms with Crippen LogP contribution < -0.4 is 0 Å². The van der Waals surface area contributed by atoms with E-state index < -0.39 is 18.4 Å². The molecule has 0 fully saturated rings. The molecule has 0 amide bonds. The molecule has 2 heteroatoms. The zero-order chi connectivity index (χ0) is 14.1. The topological polar surface area (TPSA) is 12.4 Å². The third-order valence-electron chi connectivity index (χ3n) is 4.95. The first-order valence-electron chi connectivity index (χ1n) is 8.71. The molecule has 0 bridgehead atoms. The van der Waals surface area contributed by atoms with Gasteiger partial charge in [-0.15, -0.1) is 0 Å². The molecular formula is C17H35NSn. The second-order valence-electron chi connectivity index (χ2n) is 6.59. The van der Waals surface area contributed by atoms with E-state index in [0.717, 1.165) is 4.06 Å². The Labute approximate surface area is 125 Å². The van der Waals surface area contributed by atoms with Gasteiger partial charge in [0.2, 0.25) is 0 Å². The normalized spacial score (nSPS) is 19.8. The van der Waals surface area contributed by atoms with Crippen LogP contribution in [0.15, 0.2) is 4.99 Å². The molecule has 1 rings (SSSR count). The second kappa shape index (κ2) is 9.41. The van der Waals surface area contributed by atoms with Gasteiger partial charge in [0.1, 0.15) is 0 Å². The average Bonchev–Trinajstić information content (AvgIpc) is 2.85. The van der Waals surface area contributed by atoms with E-state index in [1.807, 2.05) is 0 Å². The molecule has 0 saturated heterocycles. The van der Waals surface area contributed by atoms with Gasteiger partial charge in [-0.2, -0.15) is 0 Å². The van der Waals surface area contributed by atoms with E-state index in [1.165, 1.54) is 57.1 Å². The van der Waals surface area contributed by atoms with Crippen LogP contribution in [0, 0.1) is 0 Å². The van der Waals surface area contributed by atoms with E-state index >= 15 is 0 Å². The second-order valence-corrected chi connectivity index (χ2v) is 20.6. The number of nitrogens with zero attached hydrogens (tertiary/aromatic N) is 1. The molecule has 1 nitrogen and oxygen atoms in total. The fourth-order valence-corrected chi connectivity index (χ4v) is 21.3. The number of aliphatic imine (C=N–C) groups is 1. The Morgan fingerprint density at radius 3 is 1.74 bits per heavy atom. The summed E-state index contributed by atoms with van der Waals surface area (Å²) in [6.07, 6.45) is 11.3. The van der Waals surface area contributed by atoms with Crippen LogP contribution in [0.5, 0.6) is 0 Å². The van der Waals surface area contributed by atoms with Crippen molar-refractivity contribution in [1.29, 1.82) is 0 Å². The van der Waals surface area contributed by atoms with Crippen LogP contribution in [0.3, 0.4) is 0 Å². The molecule has 0 aromatic rings. The third-order valence-corrected chi connectivity index (χ3v) is 21.7. The van der Waals surface area contributed by atoms with Crippen LogP contribution in [0.4, 0.5) is 0 Å². The monoisotopic (exact) mass is 373 g/mol. The first-order chi connectivity index (χ1) is 9.18. The van der Waals surface area contributed by atoms with Crippen LogP contribution in [0.25, 0.3) is 0 Å². The fourth-order valence-electron chi connectivity index (χ4n) is 3.65. The third kappa shape index (κ3) is 5.40. The number of rotatable bonds is 10. The van der Waals surface area contributed by atoms with Crippen molar-refractivity contribution in [2.24, 2.45) is 4.99 Å². The number of unbranched alkanes of at least 4 members (excludes halogenated alkanes) is 3. The molecule has 1 unspecified atom stereocenters. The van der Waals surface area contributed by atoms with Crippen LogP contribution >= 0.6 is 0 Å². The van der Waals surface area contributed by atoms with Gasteiger partial charge in [0.15, 0.2) is 0 Å². The Morgan fingerprint density at radius 2 is 1.42 bits per heavy atom. The van der Waals surface area contributed by atoms with Crippen LogP contribution in [-0.4, -0.2) is 28.1 Å². The van der Waals surface area contributed by atoms with E-state index in [2.05, 4.69) is 27.7 Å². The molecule has 1 heterocycles. The van der Waals surface area contributed by atoms with Crippen molar-refractivity contribution in [2.75, 3.05) is 0 Å². The molecule has 1 aliphatic heterocycles. The van der Waals surface area contributed by atoms with E-state index in [0.29, 0.717) is 0 Å². The summed E-state index contributed by atoms with van der Waals surface area (Å²) >= 11 is -2.02. The zero-order valence-corrected chi connectivity index (χ0v) is 16.7.